The number of benzene rings is 2. The molecule has 1 N–H and O–H groups in total. The lowest BCUT2D eigenvalue weighted by Gasteiger charge is -2.12. The molecule has 1 heterocycles. The van der Waals surface area contributed by atoms with Gasteiger partial charge < -0.3 is 10.1 Å². The largest absolute Gasteiger partial charge is 0.469 e. The van der Waals surface area contributed by atoms with E-state index >= 15 is 0 Å². The second kappa shape index (κ2) is 9.05. The van der Waals surface area contributed by atoms with Gasteiger partial charge in [-0.3, -0.25) is 14.8 Å². The Bertz CT molecular complexity index is 880. The first-order chi connectivity index (χ1) is 13.2. The Balaban J connectivity index is 1.56. The van der Waals surface area contributed by atoms with Crippen molar-refractivity contribution in [2.24, 2.45) is 0 Å². The molecule has 5 heteroatoms. The number of esters is 1. The molecule has 3 rings (SSSR count). The van der Waals surface area contributed by atoms with Crippen LogP contribution in [0.2, 0.25) is 0 Å². The van der Waals surface area contributed by atoms with Gasteiger partial charge in [0.1, 0.15) is 0 Å². The van der Waals surface area contributed by atoms with Crippen LogP contribution >= 0.6 is 0 Å². The lowest BCUT2D eigenvalue weighted by Crippen LogP contribution is -2.14. The maximum Gasteiger partial charge on any atom is 0.312 e. The Hall–Kier alpha value is -3.05. The third-order valence-electron chi connectivity index (χ3n) is 4.48. The van der Waals surface area contributed by atoms with Gasteiger partial charge in [-0.05, 0) is 23.6 Å². The molecule has 3 aromatic rings. The topological polar surface area (TPSA) is 64.1 Å². The summed E-state index contributed by atoms with van der Waals surface area (Å²) >= 11 is 0. The van der Waals surface area contributed by atoms with Crippen LogP contribution in [0.1, 0.15) is 29.5 Å². The summed E-state index contributed by atoms with van der Waals surface area (Å²) in [5.41, 5.74) is 5.22. The maximum absolute atomic E-state index is 11.7. The Labute approximate surface area is 159 Å². The molecule has 2 aromatic carbocycles. The highest BCUT2D eigenvalue weighted by molar-refractivity contribution is 5.77. The van der Waals surface area contributed by atoms with E-state index in [1.54, 1.807) is 18.6 Å². The molecule has 0 fully saturated rings. The summed E-state index contributed by atoms with van der Waals surface area (Å²) in [4.78, 5) is 20.1. The number of rotatable bonds is 7. The van der Waals surface area contributed by atoms with Gasteiger partial charge in [0.2, 0.25) is 0 Å². The molecule has 5 nitrogen and oxygen atoms in total. The average Bonchev–Trinajstić information content (AvgIpc) is 2.74. The normalized spacial score (nSPS) is 11.8. The molecule has 1 unspecified atom stereocenters. The zero-order valence-electron chi connectivity index (χ0n) is 15.6. The standard InChI is InChI=1S/C22H23N3O2/c1-16(22(26)27-2)20-5-3-4-18(12-20)14-24-13-17-6-8-19(9-7-17)21-15-23-10-11-25-21/h3-12,15-16,24H,13-14H2,1-2H3. The molecule has 1 aromatic heterocycles. The van der Waals surface area contributed by atoms with Crippen molar-refractivity contribution in [3.63, 3.8) is 0 Å². The van der Waals surface area contributed by atoms with E-state index in [0.29, 0.717) is 0 Å². The zero-order chi connectivity index (χ0) is 19.1. The van der Waals surface area contributed by atoms with Gasteiger partial charge in [-0.1, -0.05) is 48.5 Å². The number of aromatic nitrogens is 2. The van der Waals surface area contributed by atoms with Gasteiger partial charge in [0.15, 0.2) is 0 Å². The van der Waals surface area contributed by atoms with Crippen molar-refractivity contribution in [3.8, 4) is 11.3 Å². The van der Waals surface area contributed by atoms with Crippen LogP contribution in [0.3, 0.4) is 0 Å². The third kappa shape index (κ3) is 4.99. The van der Waals surface area contributed by atoms with Crippen molar-refractivity contribution in [1.82, 2.24) is 15.3 Å². The predicted octanol–water partition coefficient (Wildman–Crippen LogP) is 3.71. The summed E-state index contributed by atoms with van der Waals surface area (Å²) < 4.78 is 4.82. The van der Waals surface area contributed by atoms with Crippen LogP contribution in [0.15, 0.2) is 67.1 Å². The second-order valence-electron chi connectivity index (χ2n) is 6.38. The van der Waals surface area contributed by atoms with E-state index in [2.05, 4.69) is 45.6 Å². The Kier molecular flexibility index (Phi) is 6.28. The molecule has 0 aliphatic rings. The van der Waals surface area contributed by atoms with Gasteiger partial charge in [0.25, 0.3) is 0 Å². The summed E-state index contributed by atoms with van der Waals surface area (Å²) in [6.45, 7) is 3.35. The van der Waals surface area contributed by atoms with Gasteiger partial charge in [0, 0.05) is 31.0 Å². The van der Waals surface area contributed by atoms with E-state index in [9.17, 15) is 4.79 Å². The van der Waals surface area contributed by atoms with E-state index in [1.807, 2.05) is 25.1 Å². The maximum atomic E-state index is 11.7. The first-order valence-electron chi connectivity index (χ1n) is 8.90. The van der Waals surface area contributed by atoms with E-state index in [-0.39, 0.29) is 11.9 Å². The van der Waals surface area contributed by atoms with Crippen LogP contribution in [0.4, 0.5) is 0 Å². The van der Waals surface area contributed by atoms with Crippen LogP contribution in [-0.2, 0) is 22.6 Å². The predicted molar refractivity (Wildman–Crippen MR) is 105 cm³/mol. The van der Waals surface area contributed by atoms with Gasteiger partial charge in [-0.25, -0.2) is 0 Å². The molecular weight excluding hydrogens is 338 g/mol. The number of hydrogen-bond donors (Lipinski definition) is 1. The minimum Gasteiger partial charge on any atom is -0.469 e. The molecule has 0 radical (unpaired) electrons. The number of ether oxygens (including phenoxy) is 1. The molecule has 27 heavy (non-hydrogen) atoms. The molecule has 0 aliphatic carbocycles. The third-order valence-corrected chi connectivity index (χ3v) is 4.48. The molecule has 0 spiro atoms. The SMILES string of the molecule is COC(=O)C(C)c1cccc(CNCc2ccc(-c3cnccn3)cc2)c1. The molecule has 0 bridgehead atoms. The van der Waals surface area contributed by atoms with Gasteiger partial charge >= 0.3 is 5.97 Å². The van der Waals surface area contributed by atoms with Crippen molar-refractivity contribution in [2.75, 3.05) is 7.11 Å². The summed E-state index contributed by atoms with van der Waals surface area (Å²) in [6, 6.07) is 16.3. The average molecular weight is 361 g/mol. The fourth-order valence-electron chi connectivity index (χ4n) is 2.88. The molecule has 1 atom stereocenters. The highest BCUT2D eigenvalue weighted by Crippen LogP contribution is 2.18. The fraction of sp³-hybridized carbons (Fsp3) is 0.227. The quantitative estimate of drug-likeness (QED) is 0.650. The van der Waals surface area contributed by atoms with Gasteiger partial charge in [0.05, 0.1) is 24.9 Å². The number of carbonyl (C=O) groups excluding carboxylic acids is 1. The Morgan fingerprint density at radius 3 is 2.56 bits per heavy atom. The summed E-state index contributed by atoms with van der Waals surface area (Å²) in [5.74, 6) is -0.480. The van der Waals surface area contributed by atoms with Crippen LogP contribution in [0.5, 0.6) is 0 Å². The molecular formula is C22H23N3O2. The Morgan fingerprint density at radius 2 is 1.85 bits per heavy atom. The molecule has 0 aliphatic heterocycles. The van der Waals surface area contributed by atoms with Crippen LogP contribution in [0.25, 0.3) is 11.3 Å². The van der Waals surface area contributed by atoms with Crippen LogP contribution in [0, 0.1) is 0 Å². The van der Waals surface area contributed by atoms with E-state index in [4.69, 9.17) is 4.74 Å². The zero-order valence-corrected chi connectivity index (χ0v) is 15.6. The number of hydrogen-bond acceptors (Lipinski definition) is 5. The summed E-state index contributed by atoms with van der Waals surface area (Å²) in [6.07, 6.45) is 5.12. The van der Waals surface area contributed by atoms with Crippen molar-refractivity contribution in [2.45, 2.75) is 25.9 Å². The van der Waals surface area contributed by atoms with Crippen molar-refractivity contribution in [3.05, 3.63) is 83.8 Å². The highest BCUT2D eigenvalue weighted by atomic mass is 16.5. The van der Waals surface area contributed by atoms with Crippen LogP contribution in [-0.4, -0.2) is 23.0 Å². The molecule has 0 saturated carbocycles. The number of nitrogens with one attached hydrogen (secondary N) is 1. The molecule has 138 valence electrons. The smallest absolute Gasteiger partial charge is 0.312 e. The summed E-state index contributed by atoms with van der Waals surface area (Å²) in [5, 5.41) is 3.44. The number of carbonyl (C=O) groups is 1. The number of nitrogens with zero attached hydrogens (tertiary/aromatic N) is 2. The van der Waals surface area contributed by atoms with Crippen molar-refractivity contribution < 1.29 is 9.53 Å². The first-order valence-corrected chi connectivity index (χ1v) is 8.90. The lowest BCUT2D eigenvalue weighted by molar-refractivity contribution is -0.141. The van der Waals surface area contributed by atoms with E-state index in [0.717, 1.165) is 35.5 Å². The number of methoxy groups -OCH3 is 1. The monoisotopic (exact) mass is 361 g/mol. The Morgan fingerprint density at radius 1 is 1.07 bits per heavy atom. The van der Waals surface area contributed by atoms with Gasteiger partial charge in [-0.15, -0.1) is 0 Å². The van der Waals surface area contributed by atoms with E-state index in [1.165, 1.54) is 12.7 Å². The summed E-state index contributed by atoms with van der Waals surface area (Å²) in [7, 11) is 1.42. The first kappa shape index (κ1) is 18.7. The molecule has 0 amide bonds. The minimum atomic E-state index is -0.261. The van der Waals surface area contributed by atoms with Gasteiger partial charge in [-0.2, -0.15) is 0 Å². The second-order valence-corrected chi connectivity index (χ2v) is 6.38. The highest BCUT2D eigenvalue weighted by Gasteiger charge is 2.15. The van der Waals surface area contributed by atoms with Crippen LogP contribution < -0.4 is 5.32 Å². The fourth-order valence-corrected chi connectivity index (χ4v) is 2.88. The van der Waals surface area contributed by atoms with Crippen molar-refractivity contribution in [1.29, 1.82) is 0 Å². The van der Waals surface area contributed by atoms with Crippen molar-refractivity contribution >= 4 is 5.97 Å². The molecule has 0 saturated heterocycles. The lowest BCUT2D eigenvalue weighted by atomic mass is 9.99. The van der Waals surface area contributed by atoms with E-state index < -0.39 is 0 Å². The minimum absolute atomic E-state index is 0.219.